The van der Waals surface area contributed by atoms with Gasteiger partial charge in [0.2, 0.25) is 0 Å². The molecular formula is C17H28N2. The molecule has 19 heavy (non-hydrogen) atoms. The third-order valence-corrected chi connectivity index (χ3v) is 3.96. The Kier molecular flexibility index (Phi) is 5.87. The number of nitrogens with one attached hydrogen (secondary N) is 1. The third-order valence-electron chi connectivity index (χ3n) is 3.96. The average molecular weight is 260 g/mol. The minimum atomic E-state index is 0.615. The van der Waals surface area contributed by atoms with Gasteiger partial charge in [-0.25, -0.2) is 0 Å². The summed E-state index contributed by atoms with van der Waals surface area (Å²) in [7, 11) is 0. The van der Waals surface area contributed by atoms with Crippen molar-refractivity contribution in [2.45, 2.75) is 45.7 Å². The van der Waals surface area contributed by atoms with Gasteiger partial charge in [0.25, 0.3) is 0 Å². The molecule has 0 aromatic heterocycles. The number of piperidine rings is 1. The molecule has 0 spiro atoms. The van der Waals surface area contributed by atoms with Crippen molar-refractivity contribution in [3.63, 3.8) is 0 Å². The third kappa shape index (κ3) is 5.33. The Morgan fingerprint density at radius 1 is 1.26 bits per heavy atom. The van der Waals surface area contributed by atoms with Gasteiger partial charge in [0, 0.05) is 19.1 Å². The Morgan fingerprint density at radius 3 is 2.79 bits per heavy atom. The van der Waals surface area contributed by atoms with Crippen molar-refractivity contribution in [1.82, 2.24) is 10.2 Å². The fourth-order valence-electron chi connectivity index (χ4n) is 2.95. The Hall–Kier alpha value is -0.860. The molecule has 1 atom stereocenters. The topological polar surface area (TPSA) is 15.3 Å². The van der Waals surface area contributed by atoms with Gasteiger partial charge in [-0.2, -0.15) is 0 Å². The second-order valence-corrected chi connectivity index (χ2v) is 6.13. The van der Waals surface area contributed by atoms with Crippen LogP contribution in [0.2, 0.25) is 0 Å². The maximum absolute atomic E-state index is 3.54. The Morgan fingerprint density at radius 2 is 2.05 bits per heavy atom. The molecule has 1 N–H and O–H groups in total. The van der Waals surface area contributed by atoms with Crippen molar-refractivity contribution in [3.05, 3.63) is 35.9 Å². The first-order valence-corrected chi connectivity index (χ1v) is 7.73. The monoisotopic (exact) mass is 260 g/mol. The maximum Gasteiger partial charge on any atom is 0.0233 e. The van der Waals surface area contributed by atoms with Gasteiger partial charge in [0.1, 0.15) is 0 Å². The van der Waals surface area contributed by atoms with E-state index in [0.717, 1.165) is 12.5 Å². The summed E-state index contributed by atoms with van der Waals surface area (Å²) < 4.78 is 0. The molecule has 106 valence electrons. The number of likely N-dealkylation sites (tertiary alicyclic amines) is 1. The van der Waals surface area contributed by atoms with E-state index in [1.807, 2.05) is 0 Å². The highest BCUT2D eigenvalue weighted by atomic mass is 15.1. The highest BCUT2D eigenvalue weighted by molar-refractivity contribution is 5.14. The van der Waals surface area contributed by atoms with Crippen LogP contribution < -0.4 is 5.32 Å². The Labute approximate surface area is 118 Å². The van der Waals surface area contributed by atoms with Crippen LogP contribution in [0.25, 0.3) is 0 Å². The largest absolute Gasteiger partial charge is 0.315 e. The number of hydrogen-bond donors (Lipinski definition) is 1. The minimum Gasteiger partial charge on any atom is -0.315 e. The minimum absolute atomic E-state index is 0.615. The van der Waals surface area contributed by atoms with Crippen LogP contribution in [0.1, 0.15) is 38.7 Å². The van der Waals surface area contributed by atoms with Gasteiger partial charge in [0.15, 0.2) is 0 Å². The number of benzene rings is 1. The zero-order valence-corrected chi connectivity index (χ0v) is 12.4. The van der Waals surface area contributed by atoms with Crippen molar-refractivity contribution in [2.24, 2.45) is 5.92 Å². The molecule has 0 saturated carbocycles. The molecule has 1 aromatic rings. The summed E-state index contributed by atoms with van der Waals surface area (Å²) in [5.41, 5.74) is 1.45. The Balaban J connectivity index is 1.74. The fourth-order valence-corrected chi connectivity index (χ4v) is 2.95. The van der Waals surface area contributed by atoms with E-state index in [0.29, 0.717) is 6.04 Å². The molecule has 2 rings (SSSR count). The second kappa shape index (κ2) is 7.66. The first-order valence-electron chi connectivity index (χ1n) is 7.73. The smallest absolute Gasteiger partial charge is 0.0233 e. The first kappa shape index (κ1) is 14.5. The molecule has 1 aliphatic rings. The number of nitrogens with zero attached hydrogens (tertiary/aromatic N) is 1. The number of rotatable bonds is 6. The van der Waals surface area contributed by atoms with Gasteiger partial charge in [-0.3, -0.25) is 4.90 Å². The van der Waals surface area contributed by atoms with Crippen LogP contribution in [0.15, 0.2) is 30.3 Å². The molecule has 1 aromatic carbocycles. The lowest BCUT2D eigenvalue weighted by molar-refractivity contribution is 0.161. The molecular weight excluding hydrogens is 232 g/mol. The van der Waals surface area contributed by atoms with E-state index in [4.69, 9.17) is 0 Å². The van der Waals surface area contributed by atoms with E-state index in [1.165, 1.54) is 44.5 Å². The second-order valence-electron chi connectivity index (χ2n) is 6.13. The molecule has 0 bridgehead atoms. The summed E-state index contributed by atoms with van der Waals surface area (Å²) in [4.78, 5) is 2.62. The summed E-state index contributed by atoms with van der Waals surface area (Å²) in [6.45, 7) is 9.28. The first-order chi connectivity index (χ1) is 9.24. The van der Waals surface area contributed by atoms with Gasteiger partial charge in [0.05, 0.1) is 0 Å². The van der Waals surface area contributed by atoms with E-state index < -0.39 is 0 Å². The molecule has 0 unspecified atom stereocenters. The lowest BCUT2D eigenvalue weighted by atomic mass is 9.94. The molecule has 1 heterocycles. The van der Waals surface area contributed by atoms with Gasteiger partial charge < -0.3 is 5.32 Å². The lowest BCUT2D eigenvalue weighted by Crippen LogP contribution is -2.36. The predicted molar refractivity (Wildman–Crippen MR) is 82.2 cm³/mol. The van der Waals surface area contributed by atoms with Gasteiger partial charge in [-0.1, -0.05) is 44.2 Å². The zero-order chi connectivity index (χ0) is 13.5. The van der Waals surface area contributed by atoms with Crippen LogP contribution in [-0.2, 0) is 6.54 Å². The average Bonchev–Trinajstić information content (AvgIpc) is 2.40. The molecule has 0 radical (unpaired) electrons. The van der Waals surface area contributed by atoms with Gasteiger partial charge in [-0.05, 0) is 43.8 Å². The number of hydrogen-bond acceptors (Lipinski definition) is 2. The molecule has 2 heteroatoms. The predicted octanol–water partition coefficient (Wildman–Crippen LogP) is 3.29. The summed E-state index contributed by atoms with van der Waals surface area (Å²) in [5, 5.41) is 3.54. The Bertz CT molecular complexity index is 348. The van der Waals surface area contributed by atoms with E-state index in [-0.39, 0.29) is 0 Å². The standard InChI is InChI=1S/C17H28N2/c1-15(2)18-11-10-17-9-6-12-19(14-17)13-16-7-4-3-5-8-16/h3-5,7-8,15,17-18H,6,9-14H2,1-2H3/t17-/m0/s1. The van der Waals surface area contributed by atoms with E-state index in [9.17, 15) is 0 Å². The van der Waals surface area contributed by atoms with Crippen molar-refractivity contribution in [1.29, 1.82) is 0 Å². The van der Waals surface area contributed by atoms with E-state index in [2.05, 4.69) is 54.4 Å². The molecule has 0 aliphatic carbocycles. The molecule has 2 nitrogen and oxygen atoms in total. The van der Waals surface area contributed by atoms with Crippen molar-refractivity contribution < 1.29 is 0 Å². The molecule has 0 amide bonds. The lowest BCUT2D eigenvalue weighted by Gasteiger charge is -2.33. The van der Waals surface area contributed by atoms with Crippen LogP contribution in [0.4, 0.5) is 0 Å². The quantitative estimate of drug-likeness (QED) is 0.844. The highest BCUT2D eigenvalue weighted by Gasteiger charge is 2.19. The van der Waals surface area contributed by atoms with Crippen molar-refractivity contribution in [3.8, 4) is 0 Å². The SMILES string of the molecule is CC(C)NCC[C@@H]1CCCN(Cc2ccccc2)C1. The highest BCUT2D eigenvalue weighted by Crippen LogP contribution is 2.20. The molecule has 1 fully saturated rings. The summed E-state index contributed by atoms with van der Waals surface area (Å²) >= 11 is 0. The van der Waals surface area contributed by atoms with Crippen LogP contribution in [0, 0.1) is 5.92 Å². The molecule has 1 aliphatic heterocycles. The fraction of sp³-hybridized carbons (Fsp3) is 0.647. The van der Waals surface area contributed by atoms with Crippen LogP contribution in [-0.4, -0.2) is 30.6 Å². The van der Waals surface area contributed by atoms with Crippen LogP contribution in [0.3, 0.4) is 0 Å². The normalized spacial score (nSPS) is 20.9. The summed E-state index contributed by atoms with van der Waals surface area (Å²) in [5.74, 6) is 0.878. The van der Waals surface area contributed by atoms with Crippen LogP contribution >= 0.6 is 0 Å². The molecule has 1 saturated heterocycles. The maximum atomic E-state index is 3.54. The summed E-state index contributed by atoms with van der Waals surface area (Å²) in [6, 6.07) is 11.5. The van der Waals surface area contributed by atoms with E-state index >= 15 is 0 Å². The van der Waals surface area contributed by atoms with Crippen molar-refractivity contribution >= 4 is 0 Å². The van der Waals surface area contributed by atoms with Gasteiger partial charge >= 0.3 is 0 Å². The van der Waals surface area contributed by atoms with E-state index in [1.54, 1.807) is 0 Å². The zero-order valence-electron chi connectivity index (χ0n) is 12.4. The summed E-state index contributed by atoms with van der Waals surface area (Å²) in [6.07, 6.45) is 4.09. The van der Waals surface area contributed by atoms with Crippen molar-refractivity contribution in [2.75, 3.05) is 19.6 Å². The van der Waals surface area contributed by atoms with Gasteiger partial charge in [-0.15, -0.1) is 0 Å². The van der Waals surface area contributed by atoms with Crippen LogP contribution in [0.5, 0.6) is 0 Å².